The maximum atomic E-state index is 11.7. The van der Waals surface area contributed by atoms with E-state index < -0.39 is 19.2 Å². The van der Waals surface area contributed by atoms with Gasteiger partial charge in [0.1, 0.15) is 5.66 Å². The summed E-state index contributed by atoms with van der Waals surface area (Å²) in [6.45, 7) is 3.59. The molecule has 0 radical (unpaired) electrons. The summed E-state index contributed by atoms with van der Waals surface area (Å²) in [7, 11) is 0.133. The smallest absolute Gasteiger partial charge is 0.236 e. The monoisotopic (exact) mass is 232 g/mol. The Morgan fingerprint density at radius 1 is 1.80 bits per heavy atom. The molecule has 0 spiro atoms. The maximum Gasteiger partial charge on any atom is 0.236 e. The molecular weight excluding hydrogens is 215 g/mol. The third-order valence-electron chi connectivity index (χ3n) is 2.86. The Hall–Kier alpha value is -0.640. The van der Waals surface area contributed by atoms with Crippen LogP contribution in [0.2, 0.25) is 0 Å². The summed E-state index contributed by atoms with van der Waals surface area (Å²) in [5.41, 5.74) is 4.08. The molecule has 6 heteroatoms. The van der Waals surface area contributed by atoms with Crippen LogP contribution in [-0.4, -0.2) is 41.0 Å². The van der Waals surface area contributed by atoms with Crippen LogP contribution in [0.5, 0.6) is 0 Å². The first-order valence-corrected chi connectivity index (χ1v) is 6.13. The average Bonchev–Trinajstić information content (AvgIpc) is 2.76. The maximum absolute atomic E-state index is 11.7. The van der Waals surface area contributed by atoms with Gasteiger partial charge in [-0.05, 0) is 12.3 Å². The molecule has 0 heterocycles. The minimum Gasteiger partial charge on any atom is -0.348 e. The van der Waals surface area contributed by atoms with Crippen LogP contribution in [0, 0.1) is 5.92 Å². The molecule has 4 atom stereocenters. The summed E-state index contributed by atoms with van der Waals surface area (Å²) in [6, 6.07) is 0. The highest BCUT2D eigenvalue weighted by molar-refractivity contribution is 7.40. The standard InChI is InChI=1S/C9H17N2O3P/c1-4-6-5-9(6,10)7(15(13)14)8(12)11(2)3/h4,6-7,15H,1,5,10H2,2-3H3,(H,13,14). The third kappa shape index (κ3) is 2.14. The van der Waals surface area contributed by atoms with Crippen molar-refractivity contribution in [3.8, 4) is 0 Å². The topological polar surface area (TPSA) is 83.6 Å². The zero-order valence-electron chi connectivity index (χ0n) is 8.93. The Morgan fingerprint density at radius 3 is 2.60 bits per heavy atom. The fourth-order valence-electron chi connectivity index (χ4n) is 1.78. The molecule has 0 bridgehead atoms. The van der Waals surface area contributed by atoms with Crippen LogP contribution in [-0.2, 0) is 9.36 Å². The molecule has 0 aromatic heterocycles. The zero-order chi connectivity index (χ0) is 11.8. The van der Waals surface area contributed by atoms with Gasteiger partial charge in [-0.3, -0.25) is 9.36 Å². The lowest BCUT2D eigenvalue weighted by atomic mass is 10.1. The first-order valence-electron chi connectivity index (χ1n) is 4.70. The summed E-state index contributed by atoms with van der Waals surface area (Å²) in [6.07, 6.45) is 2.19. The van der Waals surface area contributed by atoms with Crippen LogP contribution in [0.25, 0.3) is 0 Å². The molecular formula is C9H17N2O3P. The first-order chi connectivity index (χ1) is 6.84. The van der Waals surface area contributed by atoms with Crippen molar-refractivity contribution in [3.63, 3.8) is 0 Å². The van der Waals surface area contributed by atoms with Gasteiger partial charge in [-0.25, -0.2) is 0 Å². The van der Waals surface area contributed by atoms with E-state index in [1.807, 2.05) is 0 Å². The Kier molecular flexibility index (Phi) is 3.38. The molecule has 0 aromatic rings. The van der Waals surface area contributed by atoms with E-state index >= 15 is 0 Å². The molecule has 1 fully saturated rings. The van der Waals surface area contributed by atoms with Gasteiger partial charge in [0, 0.05) is 19.6 Å². The molecule has 1 rings (SSSR count). The molecule has 5 nitrogen and oxygen atoms in total. The van der Waals surface area contributed by atoms with E-state index in [-0.39, 0.29) is 11.8 Å². The highest BCUT2D eigenvalue weighted by atomic mass is 31.1. The highest BCUT2D eigenvalue weighted by Crippen LogP contribution is 2.51. The van der Waals surface area contributed by atoms with Crippen molar-refractivity contribution in [1.29, 1.82) is 0 Å². The van der Waals surface area contributed by atoms with Gasteiger partial charge in [0.15, 0.2) is 0 Å². The predicted octanol–water partition coefficient (Wildman–Crippen LogP) is -0.186. The molecule has 4 unspecified atom stereocenters. The summed E-state index contributed by atoms with van der Waals surface area (Å²) in [5, 5.41) is 0. The van der Waals surface area contributed by atoms with E-state index in [0.717, 1.165) is 0 Å². The molecule has 0 saturated heterocycles. The van der Waals surface area contributed by atoms with E-state index in [0.29, 0.717) is 6.42 Å². The van der Waals surface area contributed by atoms with Gasteiger partial charge in [0.25, 0.3) is 0 Å². The van der Waals surface area contributed by atoms with E-state index in [2.05, 4.69) is 6.58 Å². The van der Waals surface area contributed by atoms with E-state index in [4.69, 9.17) is 5.73 Å². The summed E-state index contributed by atoms with van der Waals surface area (Å²) < 4.78 is 11.2. The lowest BCUT2D eigenvalue weighted by Gasteiger charge is -2.23. The molecule has 86 valence electrons. The first kappa shape index (κ1) is 12.4. The number of amides is 1. The largest absolute Gasteiger partial charge is 0.348 e. The Labute approximate surface area is 89.8 Å². The average molecular weight is 232 g/mol. The number of nitrogens with two attached hydrogens (primary N) is 1. The van der Waals surface area contributed by atoms with E-state index in [1.165, 1.54) is 4.90 Å². The molecule has 3 N–H and O–H groups in total. The number of nitrogens with zero attached hydrogens (tertiary/aromatic N) is 1. The number of carbonyl (C=O) groups is 1. The second-order valence-electron chi connectivity index (χ2n) is 4.16. The van der Waals surface area contributed by atoms with Crippen molar-refractivity contribution in [2.45, 2.75) is 17.6 Å². The van der Waals surface area contributed by atoms with Gasteiger partial charge in [-0.2, -0.15) is 0 Å². The van der Waals surface area contributed by atoms with Gasteiger partial charge in [0.2, 0.25) is 13.9 Å². The lowest BCUT2D eigenvalue weighted by Crippen LogP contribution is -2.47. The molecule has 0 aliphatic heterocycles. The second-order valence-corrected chi connectivity index (χ2v) is 5.42. The van der Waals surface area contributed by atoms with Crippen molar-refractivity contribution in [2.75, 3.05) is 14.1 Å². The molecule has 1 aliphatic carbocycles. The Bertz CT molecular complexity index is 318. The van der Waals surface area contributed by atoms with E-state index in [1.54, 1.807) is 20.2 Å². The summed E-state index contributed by atoms with van der Waals surface area (Å²) in [4.78, 5) is 22.2. The van der Waals surface area contributed by atoms with Crippen LogP contribution >= 0.6 is 8.03 Å². The minimum atomic E-state index is -2.97. The Balaban J connectivity index is 2.91. The van der Waals surface area contributed by atoms with Crippen molar-refractivity contribution in [2.24, 2.45) is 11.7 Å². The summed E-state index contributed by atoms with van der Waals surface area (Å²) >= 11 is 0. The highest BCUT2D eigenvalue weighted by Gasteiger charge is 2.59. The lowest BCUT2D eigenvalue weighted by molar-refractivity contribution is -0.128. The fraction of sp³-hybridized carbons (Fsp3) is 0.667. The fourth-order valence-corrected chi connectivity index (χ4v) is 3.04. The van der Waals surface area contributed by atoms with Crippen LogP contribution in [0.1, 0.15) is 6.42 Å². The molecule has 0 aromatic carbocycles. The van der Waals surface area contributed by atoms with Crippen molar-refractivity contribution >= 4 is 13.9 Å². The quantitative estimate of drug-likeness (QED) is 0.520. The van der Waals surface area contributed by atoms with Crippen molar-refractivity contribution in [3.05, 3.63) is 12.7 Å². The SMILES string of the molecule is C=CC1CC1(N)C(C(=O)N(C)C)[PH](=O)O. The van der Waals surface area contributed by atoms with Crippen LogP contribution < -0.4 is 5.73 Å². The molecule has 1 saturated carbocycles. The van der Waals surface area contributed by atoms with Crippen LogP contribution in [0.15, 0.2) is 12.7 Å². The predicted molar refractivity (Wildman–Crippen MR) is 58.9 cm³/mol. The normalized spacial score (nSPS) is 32.9. The van der Waals surface area contributed by atoms with Gasteiger partial charge >= 0.3 is 0 Å². The number of hydrogen-bond donors (Lipinski definition) is 2. The van der Waals surface area contributed by atoms with Gasteiger partial charge in [-0.15, -0.1) is 6.58 Å². The number of carbonyl (C=O) groups excluding carboxylic acids is 1. The van der Waals surface area contributed by atoms with Crippen molar-refractivity contribution < 1.29 is 14.3 Å². The molecule has 1 aliphatic rings. The van der Waals surface area contributed by atoms with E-state index in [9.17, 15) is 14.3 Å². The van der Waals surface area contributed by atoms with Crippen LogP contribution in [0.4, 0.5) is 0 Å². The number of rotatable bonds is 4. The number of hydrogen-bond acceptors (Lipinski definition) is 3. The van der Waals surface area contributed by atoms with Gasteiger partial charge < -0.3 is 15.5 Å². The minimum absolute atomic E-state index is 0.0347. The van der Waals surface area contributed by atoms with Crippen LogP contribution in [0.3, 0.4) is 0 Å². The zero-order valence-corrected chi connectivity index (χ0v) is 9.93. The van der Waals surface area contributed by atoms with Gasteiger partial charge in [0.05, 0.1) is 0 Å². The third-order valence-corrected chi connectivity index (χ3v) is 4.14. The van der Waals surface area contributed by atoms with Gasteiger partial charge in [-0.1, -0.05) is 6.08 Å². The summed E-state index contributed by atoms with van der Waals surface area (Å²) in [5.74, 6) is -0.416. The second kappa shape index (κ2) is 4.08. The van der Waals surface area contributed by atoms with Crippen molar-refractivity contribution in [1.82, 2.24) is 4.90 Å². The molecule has 15 heavy (non-hydrogen) atoms. The Morgan fingerprint density at radius 2 is 2.33 bits per heavy atom. The molecule has 1 amide bonds.